The van der Waals surface area contributed by atoms with Crippen LogP contribution in [-0.2, 0) is 35.0 Å². The van der Waals surface area contributed by atoms with E-state index < -0.39 is 24.3 Å². The maximum Gasteiger partial charge on any atom is 0.513 e. The van der Waals surface area contributed by atoms with Crippen molar-refractivity contribution in [3.8, 4) is 11.5 Å². The molecule has 0 aromatic heterocycles. The monoisotopic (exact) mass is 553 g/mol. The van der Waals surface area contributed by atoms with Crippen molar-refractivity contribution in [2.75, 3.05) is 33.5 Å². The Hall–Kier alpha value is -3.34. The number of hydrogen-bond acceptors (Lipinski definition) is 11. The van der Waals surface area contributed by atoms with Gasteiger partial charge < -0.3 is 33.7 Å². The van der Waals surface area contributed by atoms with Crippen LogP contribution in [0.2, 0.25) is 0 Å². The maximum absolute atomic E-state index is 12.4. The van der Waals surface area contributed by atoms with Crippen molar-refractivity contribution in [3.63, 3.8) is 0 Å². The molecule has 11 heteroatoms. The lowest BCUT2D eigenvalue weighted by atomic mass is 10.1. The van der Waals surface area contributed by atoms with Gasteiger partial charge in [-0.2, -0.15) is 0 Å². The molecule has 0 saturated heterocycles. The molecule has 1 unspecified atom stereocenters. The third-order valence-corrected chi connectivity index (χ3v) is 5.25. The van der Waals surface area contributed by atoms with Gasteiger partial charge in [-0.3, -0.25) is 9.59 Å². The second kappa shape index (κ2) is 18.0. The highest BCUT2D eigenvalue weighted by Crippen LogP contribution is 2.30. The lowest BCUT2D eigenvalue weighted by molar-refractivity contribution is -0.148. The van der Waals surface area contributed by atoms with E-state index in [2.05, 4.69) is 5.32 Å². The fraction of sp³-hybridized carbons (Fsp3) is 0.643. The molecule has 1 N–H and O–H groups in total. The van der Waals surface area contributed by atoms with Gasteiger partial charge in [-0.25, -0.2) is 9.59 Å². The van der Waals surface area contributed by atoms with Gasteiger partial charge in [0.1, 0.15) is 12.6 Å². The molecule has 0 saturated carbocycles. The number of rotatable bonds is 16. The summed E-state index contributed by atoms with van der Waals surface area (Å²) in [6, 6.07) is 3.72. The Morgan fingerprint density at radius 2 is 1.41 bits per heavy atom. The van der Waals surface area contributed by atoms with E-state index in [-0.39, 0.29) is 68.0 Å². The summed E-state index contributed by atoms with van der Waals surface area (Å²) >= 11 is 0. The maximum atomic E-state index is 12.4. The zero-order valence-corrected chi connectivity index (χ0v) is 24.1. The van der Waals surface area contributed by atoms with Crippen molar-refractivity contribution in [1.29, 1.82) is 0 Å². The van der Waals surface area contributed by atoms with E-state index in [1.807, 2.05) is 41.5 Å². The molecular weight excluding hydrogens is 510 g/mol. The van der Waals surface area contributed by atoms with Gasteiger partial charge in [-0.1, -0.05) is 54.0 Å². The van der Waals surface area contributed by atoms with Crippen LogP contribution in [0.1, 0.15) is 59.9 Å². The summed E-state index contributed by atoms with van der Waals surface area (Å²) in [6.07, 6.45) is -0.163. The summed E-state index contributed by atoms with van der Waals surface area (Å²) in [5, 5.41) is 3.02. The first-order valence-corrected chi connectivity index (χ1v) is 13.3. The quantitative estimate of drug-likeness (QED) is 0.132. The molecule has 220 valence electrons. The number of hydrogen-bond donors (Lipinski definition) is 1. The molecule has 0 heterocycles. The van der Waals surface area contributed by atoms with Gasteiger partial charge in [-0.05, 0) is 42.4 Å². The highest BCUT2D eigenvalue weighted by atomic mass is 16.7. The van der Waals surface area contributed by atoms with E-state index >= 15 is 0 Å². The van der Waals surface area contributed by atoms with E-state index in [4.69, 9.17) is 28.4 Å². The molecule has 1 aromatic rings. The van der Waals surface area contributed by atoms with E-state index in [0.717, 1.165) is 12.8 Å². The Morgan fingerprint density at radius 1 is 0.821 bits per heavy atom. The summed E-state index contributed by atoms with van der Waals surface area (Å²) in [7, 11) is 1.27. The fourth-order valence-corrected chi connectivity index (χ4v) is 3.25. The van der Waals surface area contributed by atoms with E-state index in [0.29, 0.717) is 5.56 Å². The molecule has 0 radical (unpaired) electrons. The largest absolute Gasteiger partial charge is 0.513 e. The second-order valence-electron chi connectivity index (χ2n) is 9.99. The number of esters is 2. The van der Waals surface area contributed by atoms with Crippen LogP contribution in [0.25, 0.3) is 0 Å². The predicted octanol–water partition coefficient (Wildman–Crippen LogP) is 4.68. The Morgan fingerprint density at radius 3 is 1.95 bits per heavy atom. The van der Waals surface area contributed by atoms with Gasteiger partial charge in [0, 0.05) is 6.54 Å². The predicted molar refractivity (Wildman–Crippen MR) is 143 cm³/mol. The average molecular weight is 554 g/mol. The van der Waals surface area contributed by atoms with Crippen LogP contribution in [0.15, 0.2) is 18.2 Å². The third kappa shape index (κ3) is 13.9. The molecule has 0 spiro atoms. The lowest BCUT2D eigenvalue weighted by Crippen LogP contribution is -2.41. The van der Waals surface area contributed by atoms with E-state index in [1.54, 1.807) is 6.07 Å². The summed E-state index contributed by atoms with van der Waals surface area (Å²) in [5.74, 6) is -0.950. The first-order chi connectivity index (χ1) is 18.5. The smallest absolute Gasteiger partial charge is 0.468 e. The Balaban J connectivity index is 2.98. The number of ether oxygens (including phenoxy) is 6. The summed E-state index contributed by atoms with van der Waals surface area (Å²) in [5.41, 5.74) is 0.570. The zero-order valence-electron chi connectivity index (χ0n) is 24.1. The van der Waals surface area contributed by atoms with Gasteiger partial charge in [-0.15, -0.1) is 0 Å². The van der Waals surface area contributed by atoms with Crippen molar-refractivity contribution in [3.05, 3.63) is 23.8 Å². The molecule has 0 aliphatic heterocycles. The molecule has 0 bridgehead atoms. The molecule has 1 aromatic carbocycles. The highest BCUT2D eigenvalue weighted by molar-refractivity contribution is 5.76. The van der Waals surface area contributed by atoms with Gasteiger partial charge in [0.05, 0.1) is 26.2 Å². The summed E-state index contributed by atoms with van der Waals surface area (Å²) in [6.45, 7) is 11.9. The minimum atomic E-state index is -0.969. The van der Waals surface area contributed by atoms with Crippen molar-refractivity contribution in [1.82, 2.24) is 5.32 Å². The first kappa shape index (κ1) is 33.7. The van der Waals surface area contributed by atoms with Crippen LogP contribution in [-0.4, -0.2) is 63.8 Å². The molecule has 0 aliphatic carbocycles. The fourth-order valence-electron chi connectivity index (χ4n) is 3.25. The van der Waals surface area contributed by atoms with Crippen molar-refractivity contribution in [2.45, 2.75) is 66.8 Å². The Kier molecular flexibility index (Phi) is 15.6. The van der Waals surface area contributed by atoms with E-state index in [1.165, 1.54) is 19.2 Å². The molecular formula is C28H43NO10. The molecule has 11 nitrogen and oxygen atoms in total. The normalized spacial score (nSPS) is 12.4. The second-order valence-corrected chi connectivity index (χ2v) is 9.99. The minimum absolute atomic E-state index is 0.0512. The van der Waals surface area contributed by atoms with Gasteiger partial charge in [0.2, 0.25) is 0 Å². The van der Waals surface area contributed by atoms with Crippen molar-refractivity contribution in [2.24, 2.45) is 17.8 Å². The van der Waals surface area contributed by atoms with Gasteiger partial charge in [0.15, 0.2) is 11.5 Å². The number of benzene rings is 1. The number of nitrogens with one attached hydrogen (secondary N) is 1. The zero-order chi connectivity index (χ0) is 29.4. The van der Waals surface area contributed by atoms with Crippen LogP contribution in [0.5, 0.6) is 11.5 Å². The standard InChI is InChI=1S/C28H43NO10/c1-8-9-20(6)25(30)35-13-12-29-22(26(31)34-7)14-21-10-11-23(38-27(32)36-16-18(2)3)24(15-21)39-28(33)37-17-19(4)5/h10-11,15,18-20,22,29H,8-9,12-14,16-17H2,1-7H3/t20?,22-/m0/s1. The highest BCUT2D eigenvalue weighted by Gasteiger charge is 2.22. The van der Waals surface area contributed by atoms with Crippen LogP contribution in [0.3, 0.4) is 0 Å². The topological polar surface area (TPSA) is 136 Å². The van der Waals surface area contributed by atoms with Crippen LogP contribution in [0, 0.1) is 17.8 Å². The number of methoxy groups -OCH3 is 1. The summed E-state index contributed by atoms with van der Waals surface area (Å²) in [4.78, 5) is 48.8. The molecule has 39 heavy (non-hydrogen) atoms. The SMILES string of the molecule is CCCC(C)C(=O)OCCN[C@@H](Cc1ccc(OC(=O)OCC(C)C)c(OC(=O)OCC(C)C)c1)C(=O)OC. The van der Waals surface area contributed by atoms with Gasteiger partial charge >= 0.3 is 24.2 Å². The lowest BCUT2D eigenvalue weighted by Gasteiger charge is -2.18. The number of carbonyl (C=O) groups excluding carboxylic acids is 4. The molecule has 0 amide bonds. The van der Waals surface area contributed by atoms with Gasteiger partial charge in [0.25, 0.3) is 0 Å². The molecule has 1 rings (SSSR count). The van der Waals surface area contributed by atoms with Crippen LogP contribution >= 0.6 is 0 Å². The molecule has 0 fully saturated rings. The Bertz CT molecular complexity index is 931. The first-order valence-electron chi connectivity index (χ1n) is 13.3. The van der Waals surface area contributed by atoms with Crippen LogP contribution < -0.4 is 14.8 Å². The number of carbonyl (C=O) groups is 4. The molecule has 2 atom stereocenters. The average Bonchev–Trinajstić information content (AvgIpc) is 2.88. The minimum Gasteiger partial charge on any atom is -0.468 e. The van der Waals surface area contributed by atoms with Crippen molar-refractivity contribution >= 4 is 24.2 Å². The van der Waals surface area contributed by atoms with Crippen molar-refractivity contribution < 1.29 is 47.6 Å². The third-order valence-electron chi connectivity index (χ3n) is 5.25. The summed E-state index contributed by atoms with van der Waals surface area (Å²) < 4.78 is 30.9. The van der Waals surface area contributed by atoms with Crippen LogP contribution in [0.4, 0.5) is 9.59 Å². The molecule has 0 aliphatic rings. The Labute approximate surface area is 230 Å². The van der Waals surface area contributed by atoms with E-state index in [9.17, 15) is 19.2 Å².